The first-order chi connectivity index (χ1) is 10.2. The Morgan fingerprint density at radius 3 is 2.30 bits per heavy atom. The fourth-order valence-electron chi connectivity index (χ4n) is 1.81. The van der Waals surface area contributed by atoms with Crippen molar-refractivity contribution in [2.75, 3.05) is 27.2 Å². The van der Waals surface area contributed by atoms with E-state index in [2.05, 4.69) is 43.0 Å². The predicted octanol–water partition coefficient (Wildman–Crippen LogP) is 3.02. The third kappa shape index (κ3) is 14.5. The Morgan fingerprint density at radius 1 is 1.22 bits per heavy atom. The van der Waals surface area contributed by atoms with E-state index >= 15 is 0 Å². The van der Waals surface area contributed by atoms with Crippen LogP contribution in [0.1, 0.15) is 47.0 Å². The summed E-state index contributed by atoms with van der Waals surface area (Å²) in [5.74, 6) is 1.40. The molecule has 136 valence electrons. The number of carbonyl (C=O) groups is 1. The average molecular weight is 438 g/mol. The van der Waals surface area contributed by atoms with Crippen molar-refractivity contribution in [2.24, 2.45) is 10.9 Å². The number of hydrogen-bond acceptors (Lipinski definition) is 2. The Balaban J connectivity index is 0. The lowest BCUT2D eigenvalue weighted by Crippen LogP contribution is -2.43. The SMILES string of the molecule is C=C(C)CNC(=NCC(=O)N(C)C)NC(C)CCCC(C)C.I. The zero-order chi connectivity index (χ0) is 17.1. The molecular formula is C17H35IN4O. The molecule has 0 saturated heterocycles. The molecule has 0 aromatic heterocycles. The predicted molar refractivity (Wildman–Crippen MR) is 111 cm³/mol. The Labute approximate surface area is 159 Å². The van der Waals surface area contributed by atoms with Crippen LogP contribution in [0.4, 0.5) is 0 Å². The van der Waals surface area contributed by atoms with Crippen LogP contribution in [0.3, 0.4) is 0 Å². The molecule has 23 heavy (non-hydrogen) atoms. The van der Waals surface area contributed by atoms with Crippen LogP contribution in [-0.4, -0.2) is 50.0 Å². The van der Waals surface area contributed by atoms with Crippen LogP contribution in [0.2, 0.25) is 0 Å². The molecule has 0 heterocycles. The molecule has 2 N–H and O–H groups in total. The second-order valence-electron chi connectivity index (χ2n) is 6.63. The molecule has 0 aromatic rings. The third-order valence-corrected chi connectivity index (χ3v) is 3.23. The molecule has 1 amide bonds. The maximum Gasteiger partial charge on any atom is 0.243 e. The Kier molecular flexibility index (Phi) is 14.5. The summed E-state index contributed by atoms with van der Waals surface area (Å²) in [6.07, 6.45) is 3.51. The number of hydrogen-bond donors (Lipinski definition) is 2. The molecule has 5 nitrogen and oxygen atoms in total. The van der Waals surface area contributed by atoms with Gasteiger partial charge in [0.1, 0.15) is 6.54 Å². The first kappa shape index (κ1) is 24.5. The van der Waals surface area contributed by atoms with E-state index < -0.39 is 0 Å². The summed E-state index contributed by atoms with van der Waals surface area (Å²) in [5.41, 5.74) is 1.03. The molecule has 1 unspecified atom stereocenters. The van der Waals surface area contributed by atoms with Crippen LogP contribution in [0.15, 0.2) is 17.1 Å². The smallest absolute Gasteiger partial charge is 0.243 e. The number of likely N-dealkylation sites (N-methyl/N-ethyl adjacent to an activating group) is 1. The van der Waals surface area contributed by atoms with Crippen molar-refractivity contribution in [1.29, 1.82) is 0 Å². The number of carbonyl (C=O) groups excluding carboxylic acids is 1. The van der Waals surface area contributed by atoms with E-state index in [0.29, 0.717) is 18.5 Å². The van der Waals surface area contributed by atoms with E-state index in [1.165, 1.54) is 12.8 Å². The van der Waals surface area contributed by atoms with Gasteiger partial charge in [0.05, 0.1) is 0 Å². The van der Waals surface area contributed by atoms with Gasteiger partial charge < -0.3 is 15.5 Å². The molecule has 0 aliphatic carbocycles. The van der Waals surface area contributed by atoms with Crippen molar-refractivity contribution in [3.8, 4) is 0 Å². The minimum atomic E-state index is -0.0103. The van der Waals surface area contributed by atoms with Crippen LogP contribution < -0.4 is 10.6 Å². The highest BCUT2D eigenvalue weighted by molar-refractivity contribution is 14.0. The number of amides is 1. The zero-order valence-electron chi connectivity index (χ0n) is 15.6. The monoisotopic (exact) mass is 438 g/mol. The standard InChI is InChI=1S/C17H34N4O.HI/c1-13(2)9-8-10-15(5)20-17(18-11-14(3)4)19-12-16(22)21(6)7;/h13,15H,3,8-12H2,1-2,4-7H3,(H2,18,19,20);1H. The van der Waals surface area contributed by atoms with E-state index in [9.17, 15) is 4.79 Å². The van der Waals surface area contributed by atoms with Crippen LogP contribution in [0.5, 0.6) is 0 Å². The van der Waals surface area contributed by atoms with Gasteiger partial charge in [-0.2, -0.15) is 0 Å². The number of guanidine groups is 1. The first-order valence-electron chi connectivity index (χ1n) is 8.11. The van der Waals surface area contributed by atoms with Gasteiger partial charge in [0.15, 0.2) is 5.96 Å². The van der Waals surface area contributed by atoms with Crippen LogP contribution >= 0.6 is 24.0 Å². The zero-order valence-corrected chi connectivity index (χ0v) is 17.9. The molecule has 0 rings (SSSR count). The highest BCUT2D eigenvalue weighted by Gasteiger charge is 2.08. The summed E-state index contributed by atoms with van der Waals surface area (Å²) in [4.78, 5) is 17.6. The molecular weight excluding hydrogens is 403 g/mol. The first-order valence-corrected chi connectivity index (χ1v) is 8.11. The molecule has 6 heteroatoms. The van der Waals surface area contributed by atoms with E-state index in [1.54, 1.807) is 19.0 Å². The van der Waals surface area contributed by atoms with Crippen molar-refractivity contribution in [3.05, 3.63) is 12.2 Å². The van der Waals surface area contributed by atoms with Crippen molar-refractivity contribution < 1.29 is 4.79 Å². The van der Waals surface area contributed by atoms with E-state index in [4.69, 9.17) is 0 Å². The summed E-state index contributed by atoms with van der Waals surface area (Å²) < 4.78 is 0. The summed E-state index contributed by atoms with van der Waals surface area (Å²) in [6.45, 7) is 13.3. The quantitative estimate of drug-likeness (QED) is 0.252. The van der Waals surface area contributed by atoms with Gasteiger partial charge in [0.2, 0.25) is 5.91 Å². The van der Waals surface area contributed by atoms with E-state index in [-0.39, 0.29) is 36.4 Å². The molecule has 0 bridgehead atoms. The highest BCUT2D eigenvalue weighted by Crippen LogP contribution is 2.08. The minimum Gasteiger partial charge on any atom is -0.354 e. The number of halogens is 1. The van der Waals surface area contributed by atoms with Gasteiger partial charge in [-0.15, -0.1) is 24.0 Å². The van der Waals surface area contributed by atoms with Gasteiger partial charge in [-0.25, -0.2) is 4.99 Å². The topological polar surface area (TPSA) is 56.7 Å². The van der Waals surface area contributed by atoms with E-state index in [1.807, 2.05) is 6.92 Å². The van der Waals surface area contributed by atoms with Gasteiger partial charge in [0.25, 0.3) is 0 Å². The molecule has 0 aromatic carbocycles. The Hall–Kier alpha value is -0.790. The lowest BCUT2D eigenvalue weighted by molar-refractivity contribution is -0.127. The van der Waals surface area contributed by atoms with Gasteiger partial charge >= 0.3 is 0 Å². The number of nitrogens with one attached hydrogen (secondary N) is 2. The maximum atomic E-state index is 11.7. The second-order valence-corrected chi connectivity index (χ2v) is 6.63. The third-order valence-electron chi connectivity index (χ3n) is 3.23. The van der Waals surface area contributed by atoms with Crippen molar-refractivity contribution in [1.82, 2.24) is 15.5 Å². The van der Waals surface area contributed by atoms with E-state index in [0.717, 1.165) is 17.9 Å². The summed E-state index contributed by atoms with van der Waals surface area (Å²) in [7, 11) is 3.47. The van der Waals surface area contributed by atoms with Gasteiger partial charge in [-0.05, 0) is 26.2 Å². The normalized spacial score (nSPS) is 12.4. The summed E-state index contributed by atoms with van der Waals surface area (Å²) in [5, 5.41) is 6.58. The van der Waals surface area contributed by atoms with Crippen LogP contribution in [0.25, 0.3) is 0 Å². The van der Waals surface area contributed by atoms with Crippen molar-refractivity contribution in [2.45, 2.75) is 53.0 Å². The highest BCUT2D eigenvalue weighted by atomic mass is 127. The van der Waals surface area contributed by atoms with Crippen molar-refractivity contribution in [3.63, 3.8) is 0 Å². The summed E-state index contributed by atoms with van der Waals surface area (Å²) in [6, 6.07) is 0.324. The fourth-order valence-corrected chi connectivity index (χ4v) is 1.81. The van der Waals surface area contributed by atoms with Gasteiger partial charge in [-0.1, -0.05) is 38.8 Å². The van der Waals surface area contributed by atoms with Crippen LogP contribution in [0, 0.1) is 5.92 Å². The molecule has 0 fully saturated rings. The Bertz CT molecular complexity index is 381. The summed E-state index contributed by atoms with van der Waals surface area (Å²) >= 11 is 0. The molecule has 0 aliphatic heterocycles. The fraction of sp³-hybridized carbons (Fsp3) is 0.765. The number of aliphatic imine (C=N–C) groups is 1. The number of rotatable bonds is 9. The second kappa shape index (κ2) is 13.6. The van der Waals surface area contributed by atoms with Gasteiger partial charge in [0, 0.05) is 26.7 Å². The lowest BCUT2D eigenvalue weighted by atomic mass is 10.0. The molecule has 0 saturated carbocycles. The number of nitrogens with zero attached hydrogens (tertiary/aromatic N) is 2. The molecule has 1 atom stereocenters. The van der Waals surface area contributed by atoms with Crippen LogP contribution in [-0.2, 0) is 4.79 Å². The molecule has 0 radical (unpaired) electrons. The maximum absolute atomic E-state index is 11.7. The minimum absolute atomic E-state index is 0. The van der Waals surface area contributed by atoms with Crippen molar-refractivity contribution >= 4 is 35.8 Å². The largest absolute Gasteiger partial charge is 0.354 e. The Morgan fingerprint density at radius 2 is 1.83 bits per heavy atom. The average Bonchev–Trinajstić information content (AvgIpc) is 2.40. The molecule has 0 spiro atoms. The van der Waals surface area contributed by atoms with Gasteiger partial charge in [-0.3, -0.25) is 4.79 Å². The molecule has 0 aliphatic rings. The lowest BCUT2D eigenvalue weighted by Gasteiger charge is -2.19.